The lowest BCUT2D eigenvalue weighted by Gasteiger charge is -2.36. The average Bonchev–Trinajstić information content (AvgIpc) is 3.49. The maximum absolute atomic E-state index is 13.3. The van der Waals surface area contributed by atoms with Crippen LogP contribution in [0.3, 0.4) is 0 Å². The predicted octanol–water partition coefficient (Wildman–Crippen LogP) is 2.34. The van der Waals surface area contributed by atoms with Gasteiger partial charge in [0.15, 0.2) is 0 Å². The van der Waals surface area contributed by atoms with Crippen molar-refractivity contribution in [1.29, 1.82) is 0 Å². The van der Waals surface area contributed by atoms with Crippen molar-refractivity contribution in [3.05, 3.63) is 35.8 Å². The van der Waals surface area contributed by atoms with Crippen molar-refractivity contribution in [3.63, 3.8) is 0 Å². The summed E-state index contributed by atoms with van der Waals surface area (Å²) in [6, 6.07) is 7.76. The van der Waals surface area contributed by atoms with Crippen LogP contribution >= 0.6 is 0 Å². The minimum absolute atomic E-state index is 0.205. The molecule has 2 unspecified atom stereocenters. The molecular weight excluding hydrogens is 417 g/mol. The van der Waals surface area contributed by atoms with Gasteiger partial charge in [0.25, 0.3) is 0 Å². The summed E-state index contributed by atoms with van der Waals surface area (Å²) >= 11 is 0. The molecule has 3 atom stereocenters. The lowest BCUT2D eigenvalue weighted by molar-refractivity contribution is 0.0903. The minimum Gasteiger partial charge on any atom is -0.381 e. The number of piperazine rings is 1. The monoisotopic (exact) mass is 443 g/mol. The molecule has 0 spiro atoms. The van der Waals surface area contributed by atoms with Crippen molar-refractivity contribution in [2.24, 2.45) is 0 Å². The Morgan fingerprint density at radius 3 is 2.55 bits per heavy atom. The zero-order valence-electron chi connectivity index (χ0n) is 17.3. The summed E-state index contributed by atoms with van der Waals surface area (Å²) in [5.74, 6) is 1.92. The van der Waals surface area contributed by atoms with E-state index in [0.717, 1.165) is 80.0 Å². The van der Waals surface area contributed by atoms with Crippen LogP contribution in [-0.2, 0) is 22.0 Å². The van der Waals surface area contributed by atoms with E-state index in [0.29, 0.717) is 23.9 Å². The van der Waals surface area contributed by atoms with E-state index < -0.39 is 10.8 Å². The normalized spacial score (nSPS) is 27.7. The van der Waals surface area contributed by atoms with Gasteiger partial charge < -0.3 is 19.9 Å². The number of aromatic nitrogens is 2. The van der Waals surface area contributed by atoms with Crippen LogP contribution < -0.4 is 15.1 Å². The summed E-state index contributed by atoms with van der Waals surface area (Å²) in [7, 11) is -1.03. The molecule has 164 valence electrons. The first-order valence-corrected chi connectivity index (χ1v) is 12.4. The summed E-state index contributed by atoms with van der Waals surface area (Å²) in [5, 5.41) is 3.56. The summed E-state index contributed by atoms with van der Waals surface area (Å²) in [6.45, 7) is 3.22. The molecule has 0 radical (unpaired) electrons. The number of aryl methyl sites for hydroxylation is 1. The van der Waals surface area contributed by atoms with Crippen LogP contribution in [-0.4, -0.2) is 64.4 Å². The molecule has 2 bridgehead atoms. The Hall–Kier alpha value is -2.26. The fraction of sp³-hybridized carbons (Fsp3) is 0.545. The largest absolute Gasteiger partial charge is 0.381 e. The van der Waals surface area contributed by atoms with E-state index >= 15 is 0 Å². The van der Waals surface area contributed by atoms with Crippen molar-refractivity contribution in [2.45, 2.75) is 48.7 Å². The third-order valence-corrected chi connectivity index (χ3v) is 8.35. The van der Waals surface area contributed by atoms with Crippen LogP contribution in [0, 0.1) is 5.82 Å². The minimum atomic E-state index is -1.03. The van der Waals surface area contributed by atoms with Gasteiger partial charge >= 0.3 is 0 Å². The van der Waals surface area contributed by atoms with Gasteiger partial charge in [-0.1, -0.05) is 0 Å². The molecule has 0 amide bonds. The van der Waals surface area contributed by atoms with Crippen molar-refractivity contribution in [1.82, 2.24) is 9.97 Å². The maximum Gasteiger partial charge on any atom is 0.227 e. The first-order valence-electron chi connectivity index (χ1n) is 11.1. The molecule has 2 aromatic rings. The van der Waals surface area contributed by atoms with Gasteiger partial charge in [-0.2, -0.15) is 4.98 Å². The van der Waals surface area contributed by atoms with Crippen molar-refractivity contribution in [3.8, 4) is 0 Å². The molecule has 4 aliphatic heterocycles. The molecule has 1 N–H and O–H groups in total. The molecule has 1 aromatic heterocycles. The average molecular weight is 444 g/mol. The molecule has 0 aliphatic carbocycles. The number of ether oxygens (including phenoxy) is 1. The highest BCUT2D eigenvalue weighted by Crippen LogP contribution is 2.38. The van der Waals surface area contributed by atoms with Crippen LogP contribution in [0.15, 0.2) is 29.2 Å². The van der Waals surface area contributed by atoms with E-state index in [1.807, 2.05) is 12.1 Å². The Morgan fingerprint density at radius 1 is 1.06 bits per heavy atom. The summed E-state index contributed by atoms with van der Waals surface area (Å²) in [4.78, 5) is 15.2. The third-order valence-electron chi connectivity index (χ3n) is 6.89. The van der Waals surface area contributed by atoms with Crippen LogP contribution in [0.5, 0.6) is 0 Å². The van der Waals surface area contributed by atoms with Crippen LogP contribution in [0.4, 0.5) is 21.8 Å². The molecule has 3 saturated heterocycles. The van der Waals surface area contributed by atoms with E-state index in [-0.39, 0.29) is 5.82 Å². The van der Waals surface area contributed by atoms with Gasteiger partial charge in [0, 0.05) is 56.2 Å². The van der Waals surface area contributed by atoms with Gasteiger partial charge in [-0.15, -0.1) is 0 Å². The number of rotatable bonds is 4. The molecule has 5 heterocycles. The number of nitrogens with one attached hydrogen (secondary N) is 1. The van der Waals surface area contributed by atoms with Gasteiger partial charge in [-0.05, 0) is 43.5 Å². The number of anilines is 3. The predicted molar refractivity (Wildman–Crippen MR) is 118 cm³/mol. The number of nitrogens with zero attached hydrogens (tertiary/aromatic N) is 4. The second-order valence-electron chi connectivity index (χ2n) is 8.80. The van der Waals surface area contributed by atoms with Gasteiger partial charge in [-0.3, -0.25) is 4.21 Å². The Balaban J connectivity index is 1.26. The van der Waals surface area contributed by atoms with E-state index in [1.54, 1.807) is 0 Å². The Labute approximate surface area is 183 Å². The number of benzene rings is 1. The van der Waals surface area contributed by atoms with Gasteiger partial charge in [0.05, 0.1) is 22.5 Å². The van der Waals surface area contributed by atoms with E-state index in [4.69, 9.17) is 14.7 Å². The Kier molecular flexibility index (Phi) is 4.83. The second-order valence-corrected chi connectivity index (χ2v) is 10.3. The number of fused-ring (bicyclic) bond motifs is 3. The van der Waals surface area contributed by atoms with Gasteiger partial charge in [0.1, 0.15) is 16.5 Å². The smallest absolute Gasteiger partial charge is 0.227 e. The topological polar surface area (TPSA) is 70.6 Å². The highest BCUT2D eigenvalue weighted by molar-refractivity contribution is 7.85. The Morgan fingerprint density at radius 2 is 1.81 bits per heavy atom. The zero-order valence-corrected chi connectivity index (χ0v) is 18.1. The fourth-order valence-corrected chi connectivity index (χ4v) is 6.62. The molecule has 3 fully saturated rings. The van der Waals surface area contributed by atoms with E-state index in [2.05, 4.69) is 15.1 Å². The maximum atomic E-state index is 13.3. The molecule has 6 rings (SSSR count). The summed E-state index contributed by atoms with van der Waals surface area (Å²) < 4.78 is 31.4. The number of hydrogen-bond donors (Lipinski definition) is 1. The van der Waals surface area contributed by atoms with Crippen LogP contribution in [0.25, 0.3) is 0 Å². The van der Waals surface area contributed by atoms with E-state index in [1.165, 1.54) is 12.1 Å². The number of hydrogen-bond acceptors (Lipinski definition) is 7. The summed E-state index contributed by atoms with van der Waals surface area (Å²) in [6.07, 6.45) is 3.65. The highest BCUT2D eigenvalue weighted by atomic mass is 32.2. The molecule has 0 saturated carbocycles. The number of halogens is 1. The van der Waals surface area contributed by atoms with E-state index in [9.17, 15) is 8.60 Å². The molecule has 9 heteroatoms. The third kappa shape index (κ3) is 3.47. The first-order chi connectivity index (χ1) is 15.2. The molecule has 1 aromatic carbocycles. The van der Waals surface area contributed by atoms with Crippen molar-refractivity contribution < 1.29 is 13.3 Å². The summed E-state index contributed by atoms with van der Waals surface area (Å²) in [5.41, 5.74) is 2.00. The van der Waals surface area contributed by atoms with Gasteiger partial charge in [-0.25, -0.2) is 9.37 Å². The lowest BCUT2D eigenvalue weighted by atomic mass is 10.1. The van der Waals surface area contributed by atoms with Crippen molar-refractivity contribution in [2.75, 3.05) is 47.2 Å². The van der Waals surface area contributed by atoms with Crippen molar-refractivity contribution >= 4 is 28.3 Å². The Bertz CT molecular complexity index is 1010. The molecular formula is C22H26FN5O2S. The lowest BCUT2D eigenvalue weighted by Crippen LogP contribution is -2.47. The second kappa shape index (κ2) is 7.70. The zero-order chi connectivity index (χ0) is 20.9. The van der Waals surface area contributed by atoms with Crippen LogP contribution in [0.2, 0.25) is 0 Å². The van der Waals surface area contributed by atoms with Crippen LogP contribution in [0.1, 0.15) is 25.0 Å². The first kappa shape index (κ1) is 19.4. The fourth-order valence-electron chi connectivity index (χ4n) is 5.31. The quantitative estimate of drug-likeness (QED) is 0.778. The molecule has 31 heavy (non-hydrogen) atoms. The van der Waals surface area contributed by atoms with Gasteiger partial charge in [0.2, 0.25) is 5.95 Å². The molecule has 7 nitrogen and oxygen atoms in total. The molecule has 4 aliphatic rings. The SMILES string of the molecule is O=S1CCc2nc(N3C[C@H]4CC3CN4c3ccc(F)cc3)nc(NC3CCOCC3)c21. The highest BCUT2D eigenvalue weighted by Gasteiger charge is 2.45. The standard InChI is InChI=1S/C22H26FN5O2S/c23-14-1-3-16(4-2-14)27-12-18-11-17(27)13-28(18)22-25-19-7-10-31(29)20(19)21(26-22)24-15-5-8-30-9-6-15/h1-4,15,17-18H,5-13H2,(H,24,25,26)/t17-,18?,31?/m1/s1.